The van der Waals surface area contributed by atoms with Crippen molar-refractivity contribution >= 4 is 40.8 Å². The van der Waals surface area contributed by atoms with Crippen LogP contribution in [0.15, 0.2) is 42.5 Å². The van der Waals surface area contributed by atoms with Crippen LogP contribution in [0.3, 0.4) is 0 Å². The maximum Gasteiger partial charge on any atom is 0.332 e. The molecule has 0 bridgehead atoms. The van der Waals surface area contributed by atoms with Gasteiger partial charge in [0.25, 0.3) is 0 Å². The number of rotatable bonds is 7. The van der Waals surface area contributed by atoms with E-state index >= 15 is 0 Å². The van der Waals surface area contributed by atoms with Crippen molar-refractivity contribution in [3.05, 3.63) is 74.4 Å². The maximum atomic E-state index is 11.6. The Hall–Kier alpha value is -2.05. The summed E-state index contributed by atoms with van der Waals surface area (Å²) < 4.78 is 5.97. The normalized spacial score (nSPS) is 13.3. The summed E-state index contributed by atoms with van der Waals surface area (Å²) in [5, 5.41) is 18.4. The molecule has 3 rings (SSSR count). The van der Waals surface area contributed by atoms with Gasteiger partial charge in [0.2, 0.25) is 0 Å². The molecule has 0 saturated carbocycles. The van der Waals surface area contributed by atoms with E-state index in [-0.39, 0.29) is 0 Å². The molecule has 3 aromatic rings. The third-order valence-electron chi connectivity index (χ3n) is 4.62. The molecular weight excluding hydrogens is 435 g/mol. The van der Waals surface area contributed by atoms with Crippen LogP contribution >= 0.6 is 34.8 Å². The molecule has 0 aliphatic heterocycles. The third-order valence-corrected chi connectivity index (χ3v) is 5.43. The Morgan fingerprint density at radius 1 is 1.14 bits per heavy atom. The topological polar surface area (TPSA) is 75.2 Å². The van der Waals surface area contributed by atoms with Crippen molar-refractivity contribution in [2.75, 3.05) is 0 Å². The van der Waals surface area contributed by atoms with Crippen LogP contribution in [-0.2, 0) is 9.53 Å². The second-order valence-electron chi connectivity index (χ2n) is 6.53. The summed E-state index contributed by atoms with van der Waals surface area (Å²) in [5.41, 5.74) is 3.66. The van der Waals surface area contributed by atoms with Crippen molar-refractivity contribution < 1.29 is 14.6 Å². The van der Waals surface area contributed by atoms with Gasteiger partial charge in [0, 0.05) is 26.2 Å². The number of nitrogens with zero attached hydrogens (tertiary/aromatic N) is 1. The van der Waals surface area contributed by atoms with Crippen molar-refractivity contribution in [1.29, 1.82) is 0 Å². The predicted molar refractivity (Wildman–Crippen MR) is 115 cm³/mol. The lowest BCUT2D eigenvalue weighted by Gasteiger charge is -2.22. The highest BCUT2D eigenvalue weighted by Gasteiger charge is 2.29. The molecule has 8 heteroatoms. The number of H-pyrrole nitrogens is 1. The number of halogens is 3. The number of aromatic amines is 1. The molecule has 2 N–H and O–H groups in total. The molecule has 0 amide bonds. The Bertz CT molecular complexity index is 1020. The first-order chi connectivity index (χ1) is 13.8. The number of benzene rings is 2. The molecule has 2 aromatic carbocycles. The summed E-state index contributed by atoms with van der Waals surface area (Å²) in [5.74, 6) is -1.05. The number of carboxylic acids is 1. The average Bonchev–Trinajstić information content (AvgIpc) is 3.05. The van der Waals surface area contributed by atoms with Gasteiger partial charge in [-0.3, -0.25) is 5.10 Å². The minimum absolute atomic E-state index is 0.296. The molecule has 0 saturated heterocycles. The lowest BCUT2D eigenvalue weighted by Crippen LogP contribution is -2.26. The quantitative estimate of drug-likeness (QED) is 0.439. The zero-order valence-corrected chi connectivity index (χ0v) is 18.0. The van der Waals surface area contributed by atoms with Crippen LogP contribution in [0.25, 0.3) is 11.3 Å². The van der Waals surface area contributed by atoms with Crippen LogP contribution in [0.1, 0.15) is 36.3 Å². The van der Waals surface area contributed by atoms with Gasteiger partial charge < -0.3 is 9.84 Å². The van der Waals surface area contributed by atoms with Gasteiger partial charge in [0.15, 0.2) is 6.10 Å². The fourth-order valence-electron chi connectivity index (χ4n) is 3.06. The van der Waals surface area contributed by atoms with Crippen molar-refractivity contribution in [2.24, 2.45) is 0 Å². The summed E-state index contributed by atoms with van der Waals surface area (Å²) in [6.07, 6.45) is -1.50. The smallest absolute Gasteiger partial charge is 0.332 e. The molecule has 1 heterocycles. The van der Waals surface area contributed by atoms with Gasteiger partial charge in [-0.25, -0.2) is 4.79 Å². The van der Waals surface area contributed by atoms with Crippen LogP contribution in [0.5, 0.6) is 0 Å². The Labute approximate surface area is 183 Å². The largest absolute Gasteiger partial charge is 0.479 e. The van der Waals surface area contributed by atoms with E-state index in [1.807, 2.05) is 19.1 Å². The standard InChI is InChI=1S/C21H19Cl3N2O3/c1-3-17(21(27)28)29-20(15-9-8-14(23)10-16(15)24)19-11(2)18(25-26-19)12-4-6-13(22)7-5-12/h4-10,17,20H,3H2,1-2H3,(H,25,26)(H,27,28). The predicted octanol–water partition coefficient (Wildman–Crippen LogP) is 6.31. The number of carbonyl (C=O) groups is 1. The van der Waals surface area contributed by atoms with Gasteiger partial charge in [0.1, 0.15) is 6.10 Å². The zero-order chi connectivity index (χ0) is 21.1. The van der Waals surface area contributed by atoms with E-state index < -0.39 is 18.2 Å². The first-order valence-electron chi connectivity index (χ1n) is 8.95. The highest BCUT2D eigenvalue weighted by molar-refractivity contribution is 6.35. The fraction of sp³-hybridized carbons (Fsp3) is 0.238. The molecular formula is C21H19Cl3N2O3. The number of aromatic nitrogens is 2. The van der Waals surface area contributed by atoms with E-state index in [0.29, 0.717) is 32.7 Å². The Morgan fingerprint density at radius 2 is 1.79 bits per heavy atom. The number of nitrogens with one attached hydrogen (secondary N) is 1. The lowest BCUT2D eigenvalue weighted by molar-refractivity contribution is -0.153. The van der Waals surface area contributed by atoms with Crippen LogP contribution in [0, 0.1) is 6.92 Å². The second-order valence-corrected chi connectivity index (χ2v) is 7.81. The van der Waals surface area contributed by atoms with Crippen LogP contribution in [-0.4, -0.2) is 27.4 Å². The van der Waals surface area contributed by atoms with Crippen LogP contribution < -0.4 is 0 Å². The summed E-state index contributed by atoms with van der Waals surface area (Å²) in [7, 11) is 0. The Morgan fingerprint density at radius 3 is 2.38 bits per heavy atom. The van der Waals surface area contributed by atoms with E-state index in [1.165, 1.54) is 0 Å². The highest BCUT2D eigenvalue weighted by Crippen LogP contribution is 2.37. The first kappa shape index (κ1) is 21.7. The molecule has 2 atom stereocenters. The van der Waals surface area contributed by atoms with Crippen molar-refractivity contribution in [1.82, 2.24) is 10.2 Å². The van der Waals surface area contributed by atoms with Gasteiger partial charge in [0.05, 0.1) is 11.4 Å². The van der Waals surface area contributed by atoms with Crippen LogP contribution in [0.4, 0.5) is 0 Å². The fourth-order valence-corrected chi connectivity index (χ4v) is 3.69. The van der Waals surface area contributed by atoms with E-state index in [9.17, 15) is 9.90 Å². The van der Waals surface area contributed by atoms with Crippen molar-refractivity contribution in [3.8, 4) is 11.3 Å². The van der Waals surface area contributed by atoms with Gasteiger partial charge >= 0.3 is 5.97 Å². The van der Waals surface area contributed by atoms with Crippen LogP contribution in [0.2, 0.25) is 15.1 Å². The number of ether oxygens (including phenoxy) is 1. The molecule has 5 nitrogen and oxygen atoms in total. The van der Waals surface area contributed by atoms with E-state index in [4.69, 9.17) is 39.5 Å². The molecule has 152 valence electrons. The second kappa shape index (κ2) is 9.18. The molecule has 0 radical (unpaired) electrons. The molecule has 0 aliphatic carbocycles. The molecule has 0 aliphatic rings. The van der Waals surface area contributed by atoms with Gasteiger partial charge in [-0.2, -0.15) is 5.10 Å². The van der Waals surface area contributed by atoms with Gasteiger partial charge in [-0.1, -0.05) is 59.9 Å². The summed E-state index contributed by atoms with van der Waals surface area (Å²) in [4.78, 5) is 11.6. The van der Waals surface area contributed by atoms with Crippen molar-refractivity contribution in [2.45, 2.75) is 32.5 Å². The third kappa shape index (κ3) is 4.75. The van der Waals surface area contributed by atoms with E-state index in [2.05, 4.69) is 10.2 Å². The van der Waals surface area contributed by atoms with E-state index in [1.54, 1.807) is 37.3 Å². The molecule has 0 spiro atoms. The SMILES string of the molecule is CCC(OC(c1ccc(Cl)cc1Cl)c1n[nH]c(-c2ccc(Cl)cc2)c1C)C(=O)O. The molecule has 2 unspecified atom stereocenters. The van der Waals surface area contributed by atoms with Gasteiger partial charge in [-0.05, 0) is 43.2 Å². The van der Waals surface area contributed by atoms with E-state index in [0.717, 1.165) is 16.8 Å². The number of aliphatic carboxylic acids is 1. The summed E-state index contributed by atoms with van der Waals surface area (Å²) in [6, 6.07) is 12.3. The maximum absolute atomic E-state index is 11.6. The lowest BCUT2D eigenvalue weighted by atomic mass is 10.00. The van der Waals surface area contributed by atoms with Gasteiger partial charge in [-0.15, -0.1) is 0 Å². The number of hydrogen-bond donors (Lipinski definition) is 2. The molecule has 1 aromatic heterocycles. The highest BCUT2D eigenvalue weighted by atomic mass is 35.5. The number of hydrogen-bond acceptors (Lipinski definition) is 3. The monoisotopic (exact) mass is 452 g/mol. The minimum atomic E-state index is -1.05. The first-order valence-corrected chi connectivity index (χ1v) is 10.1. The number of carboxylic acid groups (broad SMARTS) is 1. The summed E-state index contributed by atoms with van der Waals surface area (Å²) in [6.45, 7) is 3.64. The molecule has 29 heavy (non-hydrogen) atoms. The van der Waals surface area contributed by atoms with Crippen molar-refractivity contribution in [3.63, 3.8) is 0 Å². The minimum Gasteiger partial charge on any atom is -0.479 e. The molecule has 0 fully saturated rings. The summed E-state index contributed by atoms with van der Waals surface area (Å²) >= 11 is 18.4. The zero-order valence-electron chi connectivity index (χ0n) is 15.7. The average molecular weight is 454 g/mol. The Balaban J connectivity index is 2.09. The Kier molecular flexibility index (Phi) is 6.85.